The van der Waals surface area contributed by atoms with E-state index in [2.05, 4.69) is 15.6 Å². The molecule has 1 spiro atoms. The van der Waals surface area contributed by atoms with Gasteiger partial charge in [-0.2, -0.15) is 0 Å². The SMILES string of the molecule is O=C(CN1C(=O)NC2(CCCCC2)C1=O)NCc1nc2ccccc2s1. The number of hydrogen-bond donors (Lipinski definition) is 2. The Balaban J connectivity index is 1.37. The van der Waals surface area contributed by atoms with Crippen LogP contribution in [-0.4, -0.2) is 39.8 Å². The molecule has 0 atom stereocenters. The summed E-state index contributed by atoms with van der Waals surface area (Å²) in [5, 5.41) is 6.36. The lowest BCUT2D eigenvalue weighted by Gasteiger charge is -2.30. The number of aromatic nitrogens is 1. The Morgan fingerprint density at radius 2 is 2.00 bits per heavy atom. The molecule has 1 saturated heterocycles. The van der Waals surface area contributed by atoms with Crippen molar-refractivity contribution in [3.8, 4) is 0 Å². The Bertz CT molecular complexity index is 839. The first-order valence-corrected chi connectivity index (χ1v) is 9.64. The Morgan fingerprint density at radius 3 is 2.77 bits per heavy atom. The number of urea groups is 1. The predicted molar refractivity (Wildman–Crippen MR) is 97.5 cm³/mol. The number of rotatable bonds is 4. The van der Waals surface area contributed by atoms with Gasteiger partial charge in [0.05, 0.1) is 16.8 Å². The predicted octanol–water partition coefficient (Wildman–Crippen LogP) is 2.17. The van der Waals surface area contributed by atoms with Gasteiger partial charge < -0.3 is 10.6 Å². The van der Waals surface area contributed by atoms with Gasteiger partial charge in [-0.1, -0.05) is 31.4 Å². The molecule has 2 fully saturated rings. The first kappa shape index (κ1) is 17.0. The van der Waals surface area contributed by atoms with Crippen molar-refractivity contribution in [3.63, 3.8) is 0 Å². The molecule has 0 unspecified atom stereocenters. The fourth-order valence-corrected chi connectivity index (χ4v) is 4.59. The second kappa shape index (κ2) is 6.68. The monoisotopic (exact) mass is 372 g/mol. The Kier molecular flexibility index (Phi) is 4.36. The van der Waals surface area contributed by atoms with Crippen molar-refractivity contribution < 1.29 is 14.4 Å². The minimum Gasteiger partial charge on any atom is -0.348 e. The smallest absolute Gasteiger partial charge is 0.325 e. The molecule has 26 heavy (non-hydrogen) atoms. The van der Waals surface area contributed by atoms with Gasteiger partial charge in [0, 0.05) is 0 Å². The van der Waals surface area contributed by atoms with Gasteiger partial charge in [-0.3, -0.25) is 14.5 Å². The maximum absolute atomic E-state index is 12.7. The minimum absolute atomic E-state index is 0.253. The summed E-state index contributed by atoms with van der Waals surface area (Å²) in [7, 11) is 0. The molecule has 4 rings (SSSR count). The van der Waals surface area contributed by atoms with Gasteiger partial charge in [0.25, 0.3) is 5.91 Å². The van der Waals surface area contributed by atoms with E-state index in [-0.39, 0.29) is 24.9 Å². The number of thiazole rings is 1. The zero-order valence-corrected chi connectivity index (χ0v) is 15.1. The molecule has 1 aromatic carbocycles. The fourth-order valence-electron chi connectivity index (χ4n) is 3.68. The highest BCUT2D eigenvalue weighted by molar-refractivity contribution is 7.18. The molecule has 2 aromatic rings. The number of para-hydroxylation sites is 1. The first-order valence-electron chi connectivity index (χ1n) is 8.83. The first-order chi connectivity index (χ1) is 12.6. The average Bonchev–Trinajstić information content (AvgIpc) is 3.15. The summed E-state index contributed by atoms with van der Waals surface area (Å²) >= 11 is 1.52. The van der Waals surface area contributed by atoms with Crippen LogP contribution in [0.15, 0.2) is 24.3 Å². The maximum Gasteiger partial charge on any atom is 0.325 e. The van der Waals surface area contributed by atoms with Crippen molar-refractivity contribution in [2.45, 2.75) is 44.2 Å². The molecule has 1 aromatic heterocycles. The van der Waals surface area contributed by atoms with E-state index < -0.39 is 11.6 Å². The molecule has 0 bridgehead atoms. The van der Waals surface area contributed by atoms with E-state index in [9.17, 15) is 14.4 Å². The fraction of sp³-hybridized carbons (Fsp3) is 0.444. The quantitative estimate of drug-likeness (QED) is 0.805. The molecule has 4 amide bonds. The number of benzene rings is 1. The van der Waals surface area contributed by atoms with Crippen LogP contribution in [0.1, 0.15) is 37.1 Å². The molecule has 7 nitrogen and oxygen atoms in total. The van der Waals surface area contributed by atoms with Crippen molar-refractivity contribution in [3.05, 3.63) is 29.3 Å². The topological polar surface area (TPSA) is 91.4 Å². The highest BCUT2D eigenvalue weighted by atomic mass is 32.1. The van der Waals surface area contributed by atoms with Crippen LogP contribution in [0.25, 0.3) is 10.2 Å². The largest absolute Gasteiger partial charge is 0.348 e. The summed E-state index contributed by atoms with van der Waals surface area (Å²) in [6.07, 6.45) is 4.23. The molecule has 2 N–H and O–H groups in total. The van der Waals surface area contributed by atoms with Crippen LogP contribution >= 0.6 is 11.3 Å². The standard InChI is InChI=1S/C18H20N4O3S/c23-14(19-10-15-20-12-6-2-3-7-13(12)26-15)11-22-16(24)18(21-17(22)25)8-4-1-5-9-18/h2-3,6-7H,1,4-5,8-11H2,(H,19,23)(H,21,25). The van der Waals surface area contributed by atoms with Gasteiger partial charge in [-0.25, -0.2) is 9.78 Å². The number of carbonyl (C=O) groups excluding carboxylic acids is 3. The number of fused-ring (bicyclic) bond motifs is 1. The summed E-state index contributed by atoms with van der Waals surface area (Å²) < 4.78 is 1.06. The lowest BCUT2D eigenvalue weighted by Crippen LogP contribution is -2.49. The van der Waals surface area contributed by atoms with Crippen LogP contribution < -0.4 is 10.6 Å². The normalized spacial score (nSPS) is 19.2. The third kappa shape index (κ3) is 3.05. The molecule has 1 aliphatic heterocycles. The van der Waals surface area contributed by atoms with Crippen molar-refractivity contribution in [2.75, 3.05) is 6.54 Å². The van der Waals surface area contributed by atoms with E-state index in [1.165, 1.54) is 11.3 Å². The molecule has 2 heterocycles. The van der Waals surface area contributed by atoms with E-state index in [0.717, 1.165) is 39.4 Å². The van der Waals surface area contributed by atoms with Crippen molar-refractivity contribution in [2.24, 2.45) is 0 Å². The molecule has 136 valence electrons. The third-order valence-electron chi connectivity index (χ3n) is 5.03. The molecule has 1 aliphatic carbocycles. The van der Waals surface area contributed by atoms with Gasteiger partial charge >= 0.3 is 6.03 Å². The Morgan fingerprint density at radius 1 is 1.23 bits per heavy atom. The van der Waals surface area contributed by atoms with Crippen LogP contribution in [0.4, 0.5) is 4.79 Å². The van der Waals surface area contributed by atoms with Crippen molar-refractivity contribution >= 4 is 39.4 Å². The van der Waals surface area contributed by atoms with Gasteiger partial charge in [0.15, 0.2) is 0 Å². The number of nitrogens with zero attached hydrogens (tertiary/aromatic N) is 2. The minimum atomic E-state index is -0.789. The maximum atomic E-state index is 12.7. The molecular weight excluding hydrogens is 352 g/mol. The number of amides is 4. The van der Waals surface area contributed by atoms with E-state index in [4.69, 9.17) is 0 Å². The van der Waals surface area contributed by atoms with Crippen LogP contribution in [0, 0.1) is 0 Å². The highest BCUT2D eigenvalue weighted by Gasteiger charge is 2.51. The Hall–Kier alpha value is -2.48. The van der Waals surface area contributed by atoms with E-state index in [1.807, 2.05) is 24.3 Å². The molecular formula is C18H20N4O3S. The van der Waals surface area contributed by atoms with Crippen LogP contribution in [0.5, 0.6) is 0 Å². The van der Waals surface area contributed by atoms with Gasteiger partial charge in [0.1, 0.15) is 17.1 Å². The zero-order valence-electron chi connectivity index (χ0n) is 14.3. The van der Waals surface area contributed by atoms with Crippen LogP contribution in [-0.2, 0) is 16.1 Å². The van der Waals surface area contributed by atoms with E-state index in [0.29, 0.717) is 12.8 Å². The van der Waals surface area contributed by atoms with Crippen LogP contribution in [0.3, 0.4) is 0 Å². The molecule has 1 saturated carbocycles. The average molecular weight is 372 g/mol. The number of carbonyl (C=O) groups is 3. The summed E-state index contributed by atoms with van der Waals surface area (Å²) in [5.74, 6) is -0.627. The number of nitrogens with one attached hydrogen (secondary N) is 2. The molecule has 2 aliphatic rings. The molecule has 0 radical (unpaired) electrons. The van der Waals surface area contributed by atoms with Crippen molar-refractivity contribution in [1.82, 2.24) is 20.5 Å². The van der Waals surface area contributed by atoms with Gasteiger partial charge in [0.2, 0.25) is 5.91 Å². The zero-order chi connectivity index (χ0) is 18.1. The lowest BCUT2D eigenvalue weighted by atomic mass is 9.82. The van der Waals surface area contributed by atoms with Gasteiger partial charge in [-0.15, -0.1) is 11.3 Å². The van der Waals surface area contributed by atoms with E-state index >= 15 is 0 Å². The second-order valence-electron chi connectivity index (χ2n) is 6.82. The summed E-state index contributed by atoms with van der Waals surface area (Å²) in [6, 6.07) is 7.31. The van der Waals surface area contributed by atoms with Gasteiger partial charge in [-0.05, 0) is 25.0 Å². The number of imide groups is 1. The summed E-state index contributed by atoms with van der Waals surface area (Å²) in [6.45, 7) is 0.0320. The Labute approximate surface area is 154 Å². The second-order valence-corrected chi connectivity index (χ2v) is 7.93. The van der Waals surface area contributed by atoms with E-state index in [1.54, 1.807) is 0 Å². The summed E-state index contributed by atoms with van der Waals surface area (Å²) in [5.41, 5.74) is 0.109. The highest BCUT2D eigenvalue weighted by Crippen LogP contribution is 2.33. The lowest BCUT2D eigenvalue weighted by molar-refractivity contribution is -0.135. The molecule has 8 heteroatoms. The third-order valence-corrected chi connectivity index (χ3v) is 6.07. The summed E-state index contributed by atoms with van der Waals surface area (Å²) in [4.78, 5) is 42.6. The van der Waals surface area contributed by atoms with Crippen LogP contribution in [0.2, 0.25) is 0 Å². The number of hydrogen-bond acceptors (Lipinski definition) is 5. The van der Waals surface area contributed by atoms with Crippen molar-refractivity contribution in [1.29, 1.82) is 0 Å².